The van der Waals surface area contributed by atoms with Gasteiger partial charge in [0, 0.05) is 5.56 Å². The third kappa shape index (κ3) is 3.73. The van der Waals surface area contributed by atoms with Crippen LogP contribution < -0.4 is 34.5 Å². The molecule has 1 aromatic carbocycles. The van der Waals surface area contributed by atoms with Crippen LogP contribution in [0.5, 0.6) is 0 Å². The monoisotopic (exact) mass is 208 g/mol. The van der Waals surface area contributed by atoms with Crippen molar-refractivity contribution in [2.24, 2.45) is 0 Å². The van der Waals surface area contributed by atoms with E-state index >= 15 is 0 Å². The zero-order chi connectivity index (χ0) is 9.19. The van der Waals surface area contributed by atoms with Crippen molar-refractivity contribution >= 4 is 13.1 Å². The first-order valence-electron chi connectivity index (χ1n) is 3.15. The number of rotatable bonds is 2. The van der Waals surface area contributed by atoms with E-state index in [0.717, 1.165) is 0 Å². The minimum absolute atomic E-state index is 0. The van der Waals surface area contributed by atoms with Crippen LogP contribution in [0.25, 0.3) is 0 Å². The summed E-state index contributed by atoms with van der Waals surface area (Å²) in [4.78, 5) is 29.6. The predicted octanol–water partition coefficient (Wildman–Crippen LogP) is -2.62. The van der Waals surface area contributed by atoms with Crippen LogP contribution in [0.4, 0.5) is 0 Å². The number of hydrogen-bond acceptors (Lipinski definition) is 3. The maximum absolute atomic E-state index is 10.8. The first-order valence-corrected chi connectivity index (χ1v) is 4.73. The fourth-order valence-corrected chi connectivity index (χ4v) is 1.22. The van der Waals surface area contributed by atoms with Crippen molar-refractivity contribution < 1.29 is 48.7 Å². The van der Waals surface area contributed by atoms with E-state index in [2.05, 4.69) is 0 Å². The van der Waals surface area contributed by atoms with E-state index in [9.17, 15) is 14.3 Å². The van der Waals surface area contributed by atoms with E-state index in [-0.39, 0.29) is 35.1 Å². The number of carbonyl (C=O) groups excluding carboxylic acids is 1. The summed E-state index contributed by atoms with van der Waals surface area (Å²) in [7, 11) is -4.87. The molecule has 1 aromatic rings. The molecule has 0 bridgehead atoms. The van der Waals surface area contributed by atoms with E-state index in [1.807, 2.05) is 0 Å². The molecule has 0 aliphatic carbocycles. The van der Waals surface area contributed by atoms with Gasteiger partial charge in [-0.2, -0.15) is 0 Å². The summed E-state index contributed by atoms with van der Waals surface area (Å²) < 4.78 is 10.4. The summed E-state index contributed by atoms with van der Waals surface area (Å²) in [6, 6.07) is 7.32. The molecule has 0 aliphatic heterocycles. The maximum atomic E-state index is 10.8. The molecule has 0 aromatic heterocycles. The molecule has 4 nitrogen and oxygen atoms in total. The normalized spacial score (nSPS) is 14.0. The molecule has 0 saturated heterocycles. The van der Waals surface area contributed by atoms with Crippen LogP contribution >= 0.6 is 7.60 Å². The van der Waals surface area contributed by atoms with Crippen molar-refractivity contribution in [3.8, 4) is 0 Å². The predicted molar refractivity (Wildman–Crippen MR) is 40.6 cm³/mol. The third-order valence-electron chi connectivity index (χ3n) is 1.28. The summed E-state index contributed by atoms with van der Waals surface area (Å²) in [5.74, 6) is 0. The Kier molecular flexibility index (Phi) is 5.07. The van der Waals surface area contributed by atoms with Crippen molar-refractivity contribution in [3.63, 3.8) is 0 Å². The van der Waals surface area contributed by atoms with E-state index in [4.69, 9.17) is 4.89 Å². The van der Waals surface area contributed by atoms with Crippen LogP contribution in [0, 0.1) is 0 Å². The van der Waals surface area contributed by atoms with Gasteiger partial charge in [0.25, 0.3) is 0 Å². The van der Waals surface area contributed by atoms with Gasteiger partial charge >= 0.3 is 29.6 Å². The summed E-state index contributed by atoms with van der Waals surface area (Å²) >= 11 is 0. The zero-order valence-corrected chi connectivity index (χ0v) is 9.90. The molecule has 0 aliphatic rings. The van der Waals surface area contributed by atoms with Gasteiger partial charge in [0.15, 0.2) is 0 Å². The van der Waals surface area contributed by atoms with Gasteiger partial charge in [-0.25, -0.2) is 0 Å². The Bertz CT molecular complexity index is 332. The van der Waals surface area contributed by atoms with Crippen molar-refractivity contribution in [3.05, 3.63) is 35.9 Å². The van der Waals surface area contributed by atoms with Crippen LogP contribution in [-0.4, -0.2) is 10.4 Å². The van der Waals surface area contributed by atoms with Crippen LogP contribution in [-0.2, 0) is 4.57 Å². The Morgan fingerprint density at radius 1 is 1.31 bits per heavy atom. The van der Waals surface area contributed by atoms with E-state index in [1.165, 1.54) is 24.3 Å². The molecule has 13 heavy (non-hydrogen) atoms. The fraction of sp³-hybridized carbons (Fsp3) is 0. The first-order chi connectivity index (χ1) is 5.52. The average molecular weight is 208 g/mol. The van der Waals surface area contributed by atoms with Gasteiger partial charge in [0.05, 0.1) is 0 Å². The smallest absolute Gasteiger partial charge is 0.773 e. The number of carbonyl (C=O) groups is 1. The third-order valence-corrected chi connectivity index (χ3v) is 2.05. The molecule has 0 amide bonds. The zero-order valence-electron chi connectivity index (χ0n) is 7.01. The second kappa shape index (κ2) is 5.05. The van der Waals surface area contributed by atoms with Gasteiger partial charge < -0.3 is 14.4 Å². The first kappa shape index (κ1) is 13.0. The molecular formula is C7H6NaO4P. The van der Waals surface area contributed by atoms with E-state index in [0.29, 0.717) is 0 Å². The Balaban J connectivity index is 0.00000144. The molecule has 1 atom stereocenters. The Labute approximate surface area is 97.4 Å². The van der Waals surface area contributed by atoms with Crippen LogP contribution in [0.15, 0.2) is 30.3 Å². The summed E-state index contributed by atoms with van der Waals surface area (Å²) in [6.45, 7) is 0. The largest absolute Gasteiger partial charge is 1.00 e. The minimum atomic E-state index is -4.87. The second-order valence-electron chi connectivity index (χ2n) is 2.19. The minimum Gasteiger partial charge on any atom is -0.773 e. The molecule has 0 heterocycles. The topological polar surface area (TPSA) is 77.4 Å². The standard InChI is InChI=1S/C7H7O4P.Na/c8-7(12(9,10)11)6-4-2-1-3-5-6;/h1-5H,(H2,9,10,11);/q;+1/p-1. The van der Waals surface area contributed by atoms with Gasteiger partial charge in [0.2, 0.25) is 13.1 Å². The molecule has 6 heteroatoms. The van der Waals surface area contributed by atoms with Gasteiger partial charge in [-0.1, -0.05) is 30.3 Å². The summed E-state index contributed by atoms with van der Waals surface area (Å²) in [5.41, 5.74) is -1.28. The fourth-order valence-electron chi connectivity index (χ4n) is 0.744. The number of hydrogen-bond donors (Lipinski definition) is 1. The maximum Gasteiger partial charge on any atom is 1.00 e. The van der Waals surface area contributed by atoms with Crippen molar-refractivity contribution in [2.45, 2.75) is 0 Å². The Hall–Kier alpha value is 0.0400. The van der Waals surface area contributed by atoms with Crippen LogP contribution in [0.1, 0.15) is 10.4 Å². The van der Waals surface area contributed by atoms with Gasteiger partial charge in [-0.15, -0.1) is 0 Å². The molecule has 1 unspecified atom stereocenters. The molecule has 0 fully saturated rings. The summed E-state index contributed by atoms with van der Waals surface area (Å²) in [5, 5.41) is 0. The SMILES string of the molecule is O=C(c1ccccc1)P(=O)([O-])O.[Na+]. The van der Waals surface area contributed by atoms with Gasteiger partial charge in [-0.3, -0.25) is 4.79 Å². The van der Waals surface area contributed by atoms with Crippen molar-refractivity contribution in [2.75, 3.05) is 0 Å². The molecule has 0 saturated carbocycles. The van der Waals surface area contributed by atoms with Crippen LogP contribution in [0.3, 0.4) is 0 Å². The van der Waals surface area contributed by atoms with E-state index < -0.39 is 13.1 Å². The molecule has 0 spiro atoms. The molecule has 1 rings (SSSR count). The number of benzene rings is 1. The van der Waals surface area contributed by atoms with Gasteiger partial charge in [0.1, 0.15) is 0 Å². The molecular weight excluding hydrogens is 202 g/mol. The molecule has 0 radical (unpaired) electrons. The van der Waals surface area contributed by atoms with E-state index in [1.54, 1.807) is 6.07 Å². The Morgan fingerprint density at radius 3 is 2.15 bits per heavy atom. The summed E-state index contributed by atoms with van der Waals surface area (Å²) in [6.07, 6.45) is 0. The van der Waals surface area contributed by atoms with Gasteiger partial charge in [-0.05, 0) is 0 Å². The van der Waals surface area contributed by atoms with Crippen LogP contribution in [0.2, 0.25) is 0 Å². The quantitative estimate of drug-likeness (QED) is 0.426. The Morgan fingerprint density at radius 2 is 1.77 bits per heavy atom. The molecule has 1 N–H and O–H groups in total. The van der Waals surface area contributed by atoms with Crippen molar-refractivity contribution in [1.29, 1.82) is 0 Å². The second-order valence-corrected chi connectivity index (χ2v) is 3.64. The van der Waals surface area contributed by atoms with Crippen molar-refractivity contribution in [1.82, 2.24) is 0 Å². The molecule has 64 valence electrons. The average Bonchev–Trinajstić information content (AvgIpc) is 2.03.